The van der Waals surface area contributed by atoms with Crippen LogP contribution in [0.25, 0.3) is 0 Å². The Morgan fingerprint density at radius 3 is 1.96 bits per heavy atom. The minimum absolute atomic E-state index is 0.0120. The number of amides is 3. The molecule has 3 amide bonds. The SMILES string of the molecule is COc1cc([N+](=O)[O-])ccc1N1C[C@H](C(=O)Oc2cccc(N3C(=O)[C@H]4C5c6ccccc6C(c6ccccc65)[C@@H]4C3=O)c2)CC1=O. The summed E-state index contributed by atoms with van der Waals surface area (Å²) in [6.45, 7) is -0.0120. The van der Waals surface area contributed by atoms with Crippen LogP contribution in [0.2, 0.25) is 0 Å². The third-order valence-electron chi connectivity index (χ3n) is 9.87. The van der Waals surface area contributed by atoms with Crippen molar-refractivity contribution in [1.82, 2.24) is 0 Å². The number of hydrogen-bond donors (Lipinski definition) is 0. The fourth-order valence-electron chi connectivity index (χ4n) is 7.92. The lowest BCUT2D eigenvalue weighted by Gasteiger charge is -2.45. The van der Waals surface area contributed by atoms with Crippen molar-refractivity contribution in [1.29, 1.82) is 0 Å². The Kier molecular flexibility index (Phi) is 6.47. The van der Waals surface area contributed by atoms with E-state index in [0.29, 0.717) is 11.4 Å². The lowest BCUT2D eigenvalue weighted by molar-refractivity contribution is -0.384. The van der Waals surface area contributed by atoms with Gasteiger partial charge in [0.25, 0.3) is 5.69 Å². The van der Waals surface area contributed by atoms with E-state index in [1.165, 1.54) is 41.2 Å². The lowest BCUT2D eigenvalue weighted by atomic mass is 9.55. The Morgan fingerprint density at radius 1 is 0.809 bits per heavy atom. The van der Waals surface area contributed by atoms with Crippen molar-refractivity contribution in [2.75, 3.05) is 23.5 Å². The Morgan fingerprint density at radius 2 is 1.40 bits per heavy atom. The average Bonchev–Trinajstić information content (AvgIpc) is 3.60. The summed E-state index contributed by atoms with van der Waals surface area (Å²) in [5, 5.41) is 11.2. The molecule has 5 aliphatic rings. The number of rotatable bonds is 6. The van der Waals surface area contributed by atoms with Crippen molar-refractivity contribution in [2.24, 2.45) is 17.8 Å². The number of benzene rings is 4. The van der Waals surface area contributed by atoms with Crippen LogP contribution in [0.15, 0.2) is 91.0 Å². The first-order valence-corrected chi connectivity index (χ1v) is 15.3. The van der Waals surface area contributed by atoms with Crippen LogP contribution in [0.1, 0.15) is 40.5 Å². The Bertz CT molecular complexity index is 1930. The highest BCUT2D eigenvalue weighted by Crippen LogP contribution is 2.61. The third-order valence-corrected chi connectivity index (χ3v) is 9.87. The highest BCUT2D eigenvalue weighted by molar-refractivity contribution is 6.23. The van der Waals surface area contributed by atoms with Gasteiger partial charge in [0.2, 0.25) is 17.7 Å². The fourth-order valence-corrected chi connectivity index (χ4v) is 7.92. The highest BCUT2D eigenvalue weighted by Gasteiger charge is 2.61. The first-order valence-electron chi connectivity index (χ1n) is 15.3. The van der Waals surface area contributed by atoms with Gasteiger partial charge in [-0.2, -0.15) is 0 Å². The summed E-state index contributed by atoms with van der Waals surface area (Å²) >= 11 is 0. The number of imide groups is 1. The van der Waals surface area contributed by atoms with E-state index < -0.39 is 28.6 Å². The second-order valence-electron chi connectivity index (χ2n) is 12.2. The smallest absolute Gasteiger partial charge is 0.316 e. The number of carbonyl (C=O) groups is 4. The monoisotopic (exact) mass is 629 g/mol. The number of hydrogen-bond acceptors (Lipinski definition) is 8. The number of nitro groups is 1. The Hall–Kier alpha value is -5.84. The molecule has 2 fully saturated rings. The zero-order valence-electron chi connectivity index (χ0n) is 25.1. The summed E-state index contributed by atoms with van der Waals surface area (Å²) in [6.07, 6.45) is -0.130. The van der Waals surface area contributed by atoms with E-state index >= 15 is 0 Å². The topological polar surface area (TPSA) is 136 Å². The van der Waals surface area contributed by atoms with E-state index in [1.807, 2.05) is 48.5 Å². The van der Waals surface area contributed by atoms with E-state index in [1.54, 1.807) is 18.2 Å². The number of anilines is 2. The van der Waals surface area contributed by atoms with Crippen molar-refractivity contribution >= 4 is 40.8 Å². The molecular weight excluding hydrogens is 602 g/mol. The van der Waals surface area contributed by atoms with Crippen molar-refractivity contribution < 1.29 is 33.6 Å². The second kappa shape index (κ2) is 10.6. The summed E-state index contributed by atoms with van der Waals surface area (Å²) in [6, 6.07) is 26.3. The summed E-state index contributed by atoms with van der Waals surface area (Å²) in [5.74, 6) is -3.70. The van der Waals surface area contributed by atoms with Crippen LogP contribution in [-0.2, 0) is 19.2 Å². The minimum atomic E-state index is -0.823. The van der Waals surface area contributed by atoms with Gasteiger partial charge >= 0.3 is 5.97 Å². The molecule has 0 spiro atoms. The second-order valence-corrected chi connectivity index (χ2v) is 12.2. The maximum atomic E-state index is 14.1. The number of nitrogens with zero attached hydrogens (tertiary/aromatic N) is 3. The third kappa shape index (κ3) is 4.26. The van der Waals surface area contributed by atoms with Gasteiger partial charge in [0.15, 0.2) is 0 Å². The van der Waals surface area contributed by atoms with Crippen molar-refractivity contribution in [2.45, 2.75) is 18.3 Å². The van der Waals surface area contributed by atoms with E-state index in [-0.39, 0.29) is 59.7 Å². The quantitative estimate of drug-likeness (QED) is 0.0960. The number of esters is 1. The lowest BCUT2D eigenvalue weighted by Crippen LogP contribution is -2.41. The summed E-state index contributed by atoms with van der Waals surface area (Å²) in [7, 11) is 1.34. The van der Waals surface area contributed by atoms with Crippen molar-refractivity contribution in [3.8, 4) is 11.5 Å². The zero-order chi connectivity index (χ0) is 32.6. The zero-order valence-corrected chi connectivity index (χ0v) is 25.1. The van der Waals surface area contributed by atoms with Gasteiger partial charge in [-0.15, -0.1) is 0 Å². The molecule has 3 aliphatic carbocycles. The number of methoxy groups -OCH3 is 1. The van der Waals surface area contributed by atoms with Gasteiger partial charge in [0, 0.05) is 36.9 Å². The summed E-state index contributed by atoms with van der Waals surface area (Å²) in [4.78, 5) is 67.6. The van der Waals surface area contributed by atoms with Gasteiger partial charge in [-0.25, -0.2) is 4.90 Å². The highest BCUT2D eigenvalue weighted by atomic mass is 16.6. The molecule has 11 heteroatoms. The van der Waals surface area contributed by atoms with Gasteiger partial charge in [-0.1, -0.05) is 54.6 Å². The van der Waals surface area contributed by atoms with Crippen LogP contribution in [0, 0.1) is 27.9 Å². The van der Waals surface area contributed by atoms with E-state index in [9.17, 15) is 29.3 Å². The molecule has 0 aromatic heterocycles. The molecule has 2 saturated heterocycles. The predicted octanol–water partition coefficient (Wildman–Crippen LogP) is 4.96. The van der Waals surface area contributed by atoms with Crippen LogP contribution in [-0.4, -0.2) is 42.3 Å². The molecule has 47 heavy (non-hydrogen) atoms. The summed E-state index contributed by atoms with van der Waals surface area (Å²) < 4.78 is 11.0. The maximum absolute atomic E-state index is 14.1. The van der Waals surface area contributed by atoms with Gasteiger partial charge in [-0.05, 0) is 40.5 Å². The first kappa shape index (κ1) is 28.6. The van der Waals surface area contributed by atoms with Gasteiger partial charge in [-0.3, -0.25) is 29.3 Å². The van der Waals surface area contributed by atoms with Crippen molar-refractivity contribution in [3.63, 3.8) is 0 Å². The molecule has 4 aromatic rings. The molecule has 0 N–H and O–H groups in total. The van der Waals surface area contributed by atoms with Crippen LogP contribution in [0.4, 0.5) is 17.1 Å². The molecule has 0 radical (unpaired) electrons. The molecule has 2 aliphatic heterocycles. The molecular formula is C36H27N3O8. The minimum Gasteiger partial charge on any atom is -0.494 e. The first-order chi connectivity index (χ1) is 22.8. The maximum Gasteiger partial charge on any atom is 0.316 e. The number of ether oxygens (including phenoxy) is 2. The van der Waals surface area contributed by atoms with E-state index in [0.717, 1.165) is 22.3 Å². The number of non-ortho nitro benzene ring substituents is 1. The molecule has 9 rings (SSSR count). The molecule has 3 atom stereocenters. The Labute approximate surface area is 268 Å². The van der Waals surface area contributed by atoms with Crippen LogP contribution in [0.3, 0.4) is 0 Å². The largest absolute Gasteiger partial charge is 0.494 e. The van der Waals surface area contributed by atoms with Crippen LogP contribution in [0.5, 0.6) is 11.5 Å². The number of carbonyl (C=O) groups excluding carboxylic acids is 4. The number of nitro benzene ring substituents is 1. The standard InChI is InChI=1S/C36H27N3O8/c1-46-28-17-21(39(44)45)13-14-27(28)37-18-19(15-29(37)40)36(43)47-22-8-6-7-20(16-22)38-34(41)32-30-23-9-2-3-10-24(23)31(33(32)35(38)42)26-12-5-4-11-25(26)30/h2-14,16-17,19,30-33H,15,18H2,1H3/t19-,30?,31?,32+,33+/m1/s1. The molecule has 2 bridgehead atoms. The average molecular weight is 630 g/mol. The molecule has 234 valence electrons. The molecule has 0 saturated carbocycles. The predicted molar refractivity (Wildman–Crippen MR) is 168 cm³/mol. The normalized spacial score (nSPS) is 23.8. The Balaban J connectivity index is 1.04. The summed E-state index contributed by atoms with van der Waals surface area (Å²) in [5.41, 5.74) is 4.75. The van der Waals surface area contributed by atoms with E-state index in [2.05, 4.69) is 0 Å². The molecule has 4 aromatic carbocycles. The fraction of sp³-hybridized carbons (Fsp3) is 0.222. The van der Waals surface area contributed by atoms with Gasteiger partial charge in [0.1, 0.15) is 11.5 Å². The van der Waals surface area contributed by atoms with Crippen LogP contribution >= 0.6 is 0 Å². The van der Waals surface area contributed by atoms with Gasteiger partial charge < -0.3 is 14.4 Å². The van der Waals surface area contributed by atoms with Gasteiger partial charge in [0.05, 0.1) is 47.2 Å². The van der Waals surface area contributed by atoms with Crippen molar-refractivity contribution in [3.05, 3.63) is 123 Å². The van der Waals surface area contributed by atoms with Crippen LogP contribution < -0.4 is 19.3 Å². The molecule has 11 nitrogen and oxygen atoms in total. The van der Waals surface area contributed by atoms with E-state index in [4.69, 9.17) is 9.47 Å². The molecule has 0 unspecified atom stereocenters. The molecule has 2 heterocycles.